The second-order valence-electron chi connectivity index (χ2n) is 4.85. The van der Waals surface area contributed by atoms with Gasteiger partial charge in [0, 0.05) is 17.0 Å². The highest BCUT2D eigenvalue weighted by Gasteiger charge is 2.30. The van der Waals surface area contributed by atoms with E-state index in [1.807, 2.05) is 16.3 Å². The predicted molar refractivity (Wildman–Crippen MR) is 85.8 cm³/mol. The lowest BCUT2D eigenvalue weighted by Crippen LogP contribution is -2.38. The predicted octanol–water partition coefficient (Wildman–Crippen LogP) is 2.91. The fourth-order valence-electron chi connectivity index (χ4n) is 2.63. The first kappa shape index (κ1) is 14.3. The Labute approximate surface area is 131 Å². The summed E-state index contributed by atoms with van der Waals surface area (Å²) in [6.45, 7) is 2.63. The van der Waals surface area contributed by atoms with E-state index in [9.17, 15) is 4.79 Å². The van der Waals surface area contributed by atoms with Crippen molar-refractivity contribution in [3.05, 3.63) is 43.8 Å². The van der Waals surface area contributed by atoms with Crippen molar-refractivity contribution >= 4 is 28.6 Å². The molecule has 0 bridgehead atoms. The van der Waals surface area contributed by atoms with E-state index in [1.165, 1.54) is 21.8 Å². The first-order valence-corrected chi connectivity index (χ1v) is 8.52. The van der Waals surface area contributed by atoms with Crippen molar-refractivity contribution < 1.29 is 9.90 Å². The maximum Gasteiger partial charge on any atom is 0.265 e. The summed E-state index contributed by atoms with van der Waals surface area (Å²) in [5.41, 5.74) is 1.97. The fraction of sp³-hybridized carbons (Fsp3) is 0.312. The number of thiophene rings is 2. The second-order valence-corrected chi connectivity index (χ2v) is 6.76. The minimum atomic E-state index is -0.193. The van der Waals surface area contributed by atoms with Gasteiger partial charge in [-0.05, 0) is 41.8 Å². The van der Waals surface area contributed by atoms with Gasteiger partial charge in [-0.1, -0.05) is 11.8 Å². The summed E-state index contributed by atoms with van der Waals surface area (Å²) in [6.07, 6.45) is 0.923. The monoisotopic (exact) mass is 317 g/mol. The first-order valence-electron chi connectivity index (χ1n) is 6.77. The van der Waals surface area contributed by atoms with Gasteiger partial charge in [0.25, 0.3) is 5.91 Å². The van der Waals surface area contributed by atoms with E-state index in [1.54, 1.807) is 11.3 Å². The summed E-state index contributed by atoms with van der Waals surface area (Å²) in [5.74, 6) is 5.51. The van der Waals surface area contributed by atoms with Crippen LogP contribution in [0.4, 0.5) is 0 Å². The van der Waals surface area contributed by atoms with Crippen LogP contribution in [-0.4, -0.2) is 29.1 Å². The van der Waals surface area contributed by atoms with Gasteiger partial charge < -0.3 is 10.0 Å². The molecule has 1 aliphatic heterocycles. The lowest BCUT2D eigenvalue weighted by Gasteiger charge is -2.33. The van der Waals surface area contributed by atoms with Crippen molar-refractivity contribution in [2.45, 2.75) is 19.4 Å². The lowest BCUT2D eigenvalue weighted by molar-refractivity contribution is 0.0684. The molecule has 3 heterocycles. The number of aliphatic hydroxyl groups is 1. The van der Waals surface area contributed by atoms with E-state index in [4.69, 9.17) is 5.11 Å². The van der Waals surface area contributed by atoms with Crippen molar-refractivity contribution in [2.24, 2.45) is 0 Å². The third-order valence-electron chi connectivity index (χ3n) is 3.70. The average Bonchev–Trinajstić information content (AvgIpc) is 3.14. The summed E-state index contributed by atoms with van der Waals surface area (Å²) in [5, 5.41) is 12.8. The number of rotatable bonds is 1. The average molecular weight is 317 g/mol. The standard InChI is InChI=1S/C16H15NO2S2/c1-11-13-6-10-20-14(13)4-7-17(11)16(19)15-12(3-2-8-18)5-9-21-15/h5-6,9-11,18H,4,7-8H2,1H3. The first-order chi connectivity index (χ1) is 10.2. The zero-order chi connectivity index (χ0) is 14.8. The number of aliphatic hydroxyl groups excluding tert-OH is 1. The van der Waals surface area contributed by atoms with Gasteiger partial charge >= 0.3 is 0 Å². The van der Waals surface area contributed by atoms with Gasteiger partial charge in [0.05, 0.1) is 6.04 Å². The smallest absolute Gasteiger partial charge is 0.265 e. The van der Waals surface area contributed by atoms with E-state index in [-0.39, 0.29) is 18.6 Å². The molecule has 1 amide bonds. The van der Waals surface area contributed by atoms with Crippen LogP contribution in [-0.2, 0) is 6.42 Å². The molecule has 0 radical (unpaired) electrons. The van der Waals surface area contributed by atoms with E-state index in [2.05, 4.69) is 30.2 Å². The number of hydrogen-bond donors (Lipinski definition) is 1. The quantitative estimate of drug-likeness (QED) is 0.822. The van der Waals surface area contributed by atoms with Crippen LogP contribution in [0.3, 0.4) is 0 Å². The molecule has 3 rings (SSSR count). The Morgan fingerprint density at radius 1 is 1.43 bits per heavy atom. The molecule has 1 unspecified atom stereocenters. The molecule has 2 aromatic rings. The van der Waals surface area contributed by atoms with Crippen molar-refractivity contribution in [3.63, 3.8) is 0 Å². The number of fused-ring (bicyclic) bond motifs is 1. The molecule has 1 atom stereocenters. The number of amides is 1. The van der Waals surface area contributed by atoms with Crippen LogP contribution in [0.15, 0.2) is 22.9 Å². The third kappa shape index (κ3) is 2.62. The second kappa shape index (κ2) is 6.02. The Morgan fingerprint density at radius 2 is 2.24 bits per heavy atom. The van der Waals surface area contributed by atoms with Gasteiger partial charge in [-0.15, -0.1) is 22.7 Å². The molecule has 21 heavy (non-hydrogen) atoms. The zero-order valence-corrected chi connectivity index (χ0v) is 13.3. The summed E-state index contributed by atoms with van der Waals surface area (Å²) < 4.78 is 0. The normalized spacial score (nSPS) is 17.0. The van der Waals surface area contributed by atoms with Crippen molar-refractivity contribution in [1.29, 1.82) is 0 Å². The molecule has 0 aromatic carbocycles. The molecule has 0 saturated carbocycles. The van der Waals surface area contributed by atoms with Crippen LogP contribution < -0.4 is 0 Å². The van der Waals surface area contributed by atoms with Crippen molar-refractivity contribution in [2.75, 3.05) is 13.2 Å². The van der Waals surface area contributed by atoms with Crippen molar-refractivity contribution in [1.82, 2.24) is 4.90 Å². The summed E-state index contributed by atoms with van der Waals surface area (Å²) in [7, 11) is 0. The largest absolute Gasteiger partial charge is 0.384 e. The SMILES string of the molecule is CC1c2ccsc2CCN1C(=O)c1sccc1C#CCO. The number of carbonyl (C=O) groups excluding carboxylic acids is 1. The highest BCUT2D eigenvalue weighted by molar-refractivity contribution is 7.12. The van der Waals surface area contributed by atoms with Gasteiger partial charge in [0.1, 0.15) is 11.5 Å². The molecule has 0 saturated heterocycles. The number of nitrogens with zero attached hydrogens (tertiary/aromatic N) is 1. The van der Waals surface area contributed by atoms with Crippen LogP contribution in [0.5, 0.6) is 0 Å². The van der Waals surface area contributed by atoms with Crippen LogP contribution >= 0.6 is 22.7 Å². The van der Waals surface area contributed by atoms with E-state index >= 15 is 0 Å². The van der Waals surface area contributed by atoms with Gasteiger partial charge in [0.2, 0.25) is 0 Å². The maximum atomic E-state index is 12.8. The molecule has 5 heteroatoms. The van der Waals surface area contributed by atoms with Gasteiger partial charge in [-0.25, -0.2) is 0 Å². The summed E-state index contributed by atoms with van der Waals surface area (Å²) in [6, 6.07) is 4.06. The van der Waals surface area contributed by atoms with Gasteiger partial charge in [-0.2, -0.15) is 0 Å². The molecule has 2 aromatic heterocycles. The fourth-order valence-corrected chi connectivity index (χ4v) is 4.39. The molecule has 1 aliphatic rings. The molecule has 0 spiro atoms. The van der Waals surface area contributed by atoms with Crippen molar-refractivity contribution in [3.8, 4) is 11.8 Å². The lowest BCUT2D eigenvalue weighted by atomic mass is 10.0. The Balaban J connectivity index is 1.88. The summed E-state index contributed by atoms with van der Waals surface area (Å²) >= 11 is 3.18. The highest BCUT2D eigenvalue weighted by atomic mass is 32.1. The molecule has 108 valence electrons. The molecule has 3 nitrogen and oxygen atoms in total. The maximum absolute atomic E-state index is 12.8. The van der Waals surface area contributed by atoms with Gasteiger partial charge in [-0.3, -0.25) is 4.79 Å². The zero-order valence-electron chi connectivity index (χ0n) is 11.6. The van der Waals surface area contributed by atoms with E-state index in [0.717, 1.165) is 13.0 Å². The Kier molecular flexibility index (Phi) is 4.11. The van der Waals surface area contributed by atoms with Crippen LogP contribution in [0.2, 0.25) is 0 Å². The number of hydrogen-bond acceptors (Lipinski definition) is 4. The summed E-state index contributed by atoms with van der Waals surface area (Å²) in [4.78, 5) is 16.8. The minimum Gasteiger partial charge on any atom is -0.384 e. The van der Waals surface area contributed by atoms with Crippen LogP contribution in [0, 0.1) is 11.8 Å². The van der Waals surface area contributed by atoms with E-state index in [0.29, 0.717) is 10.4 Å². The Morgan fingerprint density at radius 3 is 3.05 bits per heavy atom. The molecular formula is C16H15NO2S2. The minimum absolute atomic E-state index is 0.0385. The van der Waals surface area contributed by atoms with Crippen LogP contribution in [0.25, 0.3) is 0 Å². The van der Waals surface area contributed by atoms with Gasteiger partial charge in [0.15, 0.2) is 0 Å². The Hall–Kier alpha value is -1.61. The molecular weight excluding hydrogens is 302 g/mol. The molecule has 1 N–H and O–H groups in total. The third-order valence-corrected chi connectivity index (χ3v) is 5.60. The number of carbonyl (C=O) groups is 1. The van der Waals surface area contributed by atoms with Crippen LogP contribution in [0.1, 0.15) is 38.6 Å². The Bertz CT molecular complexity index is 720. The van der Waals surface area contributed by atoms with E-state index < -0.39 is 0 Å². The molecule has 0 aliphatic carbocycles. The topological polar surface area (TPSA) is 40.5 Å². The molecule has 0 fully saturated rings. The highest BCUT2D eigenvalue weighted by Crippen LogP contribution is 2.34.